The molecule has 0 aliphatic rings. The van der Waals surface area contributed by atoms with Gasteiger partial charge in [0, 0.05) is 6.42 Å². The number of rotatable bonds is 7. The van der Waals surface area contributed by atoms with Crippen molar-refractivity contribution in [2.45, 2.75) is 52.0 Å². The van der Waals surface area contributed by atoms with Crippen molar-refractivity contribution in [3.63, 3.8) is 0 Å². The second kappa shape index (κ2) is 6.98. The Morgan fingerprint density at radius 2 is 2.31 bits per heavy atom. The Morgan fingerprint density at radius 1 is 1.50 bits per heavy atom. The third-order valence-corrected chi connectivity index (χ3v) is 2.48. The minimum absolute atomic E-state index is 0.0833. The Balaban J connectivity index is 2.19. The van der Waals surface area contributed by atoms with Crippen LogP contribution in [0.25, 0.3) is 0 Å². The highest BCUT2D eigenvalue weighted by molar-refractivity contribution is 5.76. The van der Waals surface area contributed by atoms with E-state index < -0.39 is 0 Å². The summed E-state index contributed by atoms with van der Waals surface area (Å²) in [4.78, 5) is 15.5. The normalized spacial score (nSPS) is 12.4. The van der Waals surface area contributed by atoms with E-state index >= 15 is 0 Å². The van der Waals surface area contributed by atoms with E-state index in [0.717, 1.165) is 12.8 Å². The van der Waals surface area contributed by atoms with E-state index in [1.807, 2.05) is 6.92 Å². The number of H-pyrrole nitrogens is 1. The molecular formula is C11H20N4O. The summed E-state index contributed by atoms with van der Waals surface area (Å²) in [7, 11) is 0. The van der Waals surface area contributed by atoms with Crippen molar-refractivity contribution in [1.82, 2.24) is 20.5 Å². The van der Waals surface area contributed by atoms with E-state index in [0.29, 0.717) is 12.2 Å². The van der Waals surface area contributed by atoms with Crippen LogP contribution in [0, 0.1) is 0 Å². The summed E-state index contributed by atoms with van der Waals surface area (Å²) in [6.07, 6.45) is 6.52. The molecule has 5 heteroatoms. The molecule has 1 rings (SSSR count). The first-order valence-electron chi connectivity index (χ1n) is 5.88. The summed E-state index contributed by atoms with van der Waals surface area (Å²) < 4.78 is 0. The van der Waals surface area contributed by atoms with Gasteiger partial charge in [0.05, 0.1) is 6.04 Å². The Kier molecular flexibility index (Phi) is 5.53. The molecule has 0 aliphatic carbocycles. The van der Waals surface area contributed by atoms with E-state index in [2.05, 4.69) is 27.4 Å². The lowest BCUT2D eigenvalue weighted by Gasteiger charge is -2.10. The van der Waals surface area contributed by atoms with Crippen LogP contribution in [0.4, 0.5) is 0 Å². The number of carbonyl (C=O) groups is 1. The highest BCUT2D eigenvalue weighted by atomic mass is 16.1. The summed E-state index contributed by atoms with van der Waals surface area (Å²) in [5.41, 5.74) is 0. The summed E-state index contributed by atoms with van der Waals surface area (Å²) in [5.74, 6) is 0.780. The van der Waals surface area contributed by atoms with Gasteiger partial charge < -0.3 is 5.32 Å². The zero-order valence-electron chi connectivity index (χ0n) is 9.99. The molecule has 5 nitrogen and oxygen atoms in total. The van der Waals surface area contributed by atoms with Crippen LogP contribution >= 0.6 is 0 Å². The number of nitrogens with zero attached hydrogens (tertiary/aromatic N) is 2. The number of aromatic amines is 1. The molecule has 0 saturated heterocycles. The van der Waals surface area contributed by atoms with Gasteiger partial charge in [0.25, 0.3) is 0 Å². The average Bonchev–Trinajstić information content (AvgIpc) is 2.77. The second-order valence-corrected chi connectivity index (χ2v) is 3.97. The standard InChI is InChI=1S/C11H20N4O/c1-3-4-5-6-7-10(16)14-9(2)11-12-8-13-15-11/h8-9H,3-7H2,1-2H3,(H,14,16)(H,12,13,15). The maximum Gasteiger partial charge on any atom is 0.220 e. The molecule has 1 aromatic rings. The highest BCUT2D eigenvalue weighted by Crippen LogP contribution is 2.06. The van der Waals surface area contributed by atoms with Crippen LogP contribution in [0.5, 0.6) is 0 Å². The number of aromatic nitrogens is 3. The molecule has 0 aromatic carbocycles. The van der Waals surface area contributed by atoms with E-state index in [1.54, 1.807) is 0 Å². The van der Waals surface area contributed by atoms with Gasteiger partial charge in [-0.15, -0.1) is 0 Å². The minimum atomic E-state index is -0.0961. The molecule has 0 fully saturated rings. The molecular weight excluding hydrogens is 204 g/mol. The molecule has 90 valence electrons. The first-order chi connectivity index (χ1) is 7.74. The van der Waals surface area contributed by atoms with Crippen molar-refractivity contribution in [1.29, 1.82) is 0 Å². The zero-order valence-corrected chi connectivity index (χ0v) is 9.99. The van der Waals surface area contributed by atoms with Gasteiger partial charge in [0.15, 0.2) is 0 Å². The fourth-order valence-corrected chi connectivity index (χ4v) is 1.52. The fourth-order valence-electron chi connectivity index (χ4n) is 1.52. The number of amides is 1. The maximum atomic E-state index is 11.5. The van der Waals surface area contributed by atoms with Gasteiger partial charge in [-0.05, 0) is 13.3 Å². The number of hydrogen-bond donors (Lipinski definition) is 2. The quantitative estimate of drug-likeness (QED) is 0.695. The average molecular weight is 224 g/mol. The molecule has 2 N–H and O–H groups in total. The molecule has 0 aliphatic heterocycles. The lowest BCUT2D eigenvalue weighted by Crippen LogP contribution is -2.27. The molecule has 1 aromatic heterocycles. The third kappa shape index (κ3) is 4.42. The smallest absolute Gasteiger partial charge is 0.220 e. The number of nitrogens with one attached hydrogen (secondary N) is 2. The Labute approximate surface area is 96.0 Å². The predicted molar refractivity (Wildman–Crippen MR) is 61.7 cm³/mol. The second-order valence-electron chi connectivity index (χ2n) is 3.97. The Bertz CT molecular complexity index is 297. The lowest BCUT2D eigenvalue weighted by molar-refractivity contribution is -0.121. The minimum Gasteiger partial charge on any atom is -0.346 e. The van der Waals surface area contributed by atoms with Gasteiger partial charge in [-0.25, -0.2) is 4.98 Å². The first-order valence-corrected chi connectivity index (χ1v) is 5.88. The molecule has 0 saturated carbocycles. The van der Waals surface area contributed by atoms with Crippen molar-refractivity contribution in [2.75, 3.05) is 0 Å². The summed E-state index contributed by atoms with van der Waals surface area (Å²) in [5, 5.41) is 9.38. The number of unbranched alkanes of at least 4 members (excludes halogenated alkanes) is 3. The molecule has 0 spiro atoms. The maximum absolute atomic E-state index is 11.5. The zero-order chi connectivity index (χ0) is 11.8. The van der Waals surface area contributed by atoms with Gasteiger partial charge in [-0.2, -0.15) is 5.10 Å². The van der Waals surface area contributed by atoms with Crippen LogP contribution in [0.1, 0.15) is 57.8 Å². The van der Waals surface area contributed by atoms with Crippen molar-refractivity contribution in [3.8, 4) is 0 Å². The van der Waals surface area contributed by atoms with Crippen molar-refractivity contribution < 1.29 is 4.79 Å². The first kappa shape index (κ1) is 12.7. The molecule has 1 amide bonds. The van der Waals surface area contributed by atoms with Gasteiger partial charge in [-0.1, -0.05) is 26.2 Å². The molecule has 1 heterocycles. The van der Waals surface area contributed by atoms with Crippen molar-refractivity contribution in [2.24, 2.45) is 0 Å². The molecule has 16 heavy (non-hydrogen) atoms. The van der Waals surface area contributed by atoms with Gasteiger partial charge >= 0.3 is 0 Å². The largest absolute Gasteiger partial charge is 0.346 e. The van der Waals surface area contributed by atoms with Gasteiger partial charge in [0.1, 0.15) is 12.2 Å². The summed E-state index contributed by atoms with van der Waals surface area (Å²) >= 11 is 0. The van der Waals surface area contributed by atoms with Crippen LogP contribution in [0.15, 0.2) is 6.33 Å². The molecule has 0 radical (unpaired) electrons. The summed E-state index contributed by atoms with van der Waals surface area (Å²) in [6.45, 7) is 4.05. The van der Waals surface area contributed by atoms with Gasteiger partial charge in [-0.3, -0.25) is 9.89 Å². The van der Waals surface area contributed by atoms with Crippen LogP contribution in [-0.4, -0.2) is 21.1 Å². The SMILES string of the molecule is CCCCCCC(=O)NC(C)c1ncn[nH]1. The lowest BCUT2D eigenvalue weighted by atomic mass is 10.1. The Hall–Kier alpha value is -1.39. The van der Waals surface area contributed by atoms with Crippen LogP contribution in [0.2, 0.25) is 0 Å². The third-order valence-electron chi connectivity index (χ3n) is 2.48. The highest BCUT2D eigenvalue weighted by Gasteiger charge is 2.10. The molecule has 0 bridgehead atoms. The predicted octanol–water partition coefficient (Wildman–Crippen LogP) is 1.95. The van der Waals surface area contributed by atoms with E-state index in [1.165, 1.54) is 19.2 Å². The monoisotopic (exact) mass is 224 g/mol. The topological polar surface area (TPSA) is 70.7 Å². The van der Waals surface area contributed by atoms with Gasteiger partial charge in [0.2, 0.25) is 5.91 Å². The number of hydrogen-bond acceptors (Lipinski definition) is 3. The van der Waals surface area contributed by atoms with Crippen molar-refractivity contribution in [3.05, 3.63) is 12.2 Å². The van der Waals surface area contributed by atoms with E-state index in [9.17, 15) is 4.79 Å². The van der Waals surface area contributed by atoms with Crippen LogP contribution in [0.3, 0.4) is 0 Å². The molecule has 1 atom stereocenters. The number of carbonyl (C=O) groups excluding carboxylic acids is 1. The van der Waals surface area contributed by atoms with E-state index in [4.69, 9.17) is 0 Å². The van der Waals surface area contributed by atoms with Crippen LogP contribution < -0.4 is 5.32 Å². The van der Waals surface area contributed by atoms with E-state index in [-0.39, 0.29) is 11.9 Å². The fraction of sp³-hybridized carbons (Fsp3) is 0.727. The van der Waals surface area contributed by atoms with Crippen molar-refractivity contribution >= 4 is 5.91 Å². The summed E-state index contributed by atoms with van der Waals surface area (Å²) in [6, 6.07) is -0.0961. The van der Waals surface area contributed by atoms with Crippen LogP contribution in [-0.2, 0) is 4.79 Å². The Morgan fingerprint density at radius 3 is 2.94 bits per heavy atom. The molecule has 1 unspecified atom stereocenters.